The summed E-state index contributed by atoms with van der Waals surface area (Å²) in [6.07, 6.45) is 4.45. The van der Waals surface area contributed by atoms with Crippen molar-refractivity contribution in [1.82, 2.24) is 23.9 Å². The molecule has 0 radical (unpaired) electrons. The van der Waals surface area contributed by atoms with Gasteiger partial charge in [-0.05, 0) is 54.8 Å². The zero-order chi connectivity index (χ0) is 33.8. The third kappa shape index (κ3) is 5.52. The molecule has 11 heteroatoms. The Bertz CT molecular complexity index is 2090. The van der Waals surface area contributed by atoms with Crippen molar-refractivity contribution >= 4 is 28.5 Å². The van der Waals surface area contributed by atoms with Crippen LogP contribution in [0.5, 0.6) is 11.5 Å². The predicted molar refractivity (Wildman–Crippen MR) is 186 cm³/mol. The highest BCUT2D eigenvalue weighted by atomic mass is 16.7. The average molecular weight is 661 g/mol. The largest absolute Gasteiger partial charge is 0.454 e. The van der Waals surface area contributed by atoms with Crippen molar-refractivity contribution in [2.45, 2.75) is 25.9 Å². The number of fused-ring (bicyclic) bond motifs is 3. The SMILES string of the molecule is Cc1c(C(=O)N(C)c2cnc3c(ccn3C)c2)cc(-c2cc3c(cc2C(=O)N2Cc4ccccc4C[C@H]2CN2CCOCC2)OCO3)n1C. The van der Waals surface area contributed by atoms with Crippen LogP contribution >= 0.6 is 0 Å². The Morgan fingerprint density at radius 3 is 2.51 bits per heavy atom. The Hall–Kier alpha value is -5.13. The summed E-state index contributed by atoms with van der Waals surface area (Å²) >= 11 is 0. The number of carbonyl (C=O) groups is 2. The average Bonchev–Trinajstić information content (AvgIpc) is 3.83. The summed E-state index contributed by atoms with van der Waals surface area (Å²) in [5.74, 6) is 0.877. The van der Waals surface area contributed by atoms with Gasteiger partial charge in [-0.2, -0.15) is 0 Å². The van der Waals surface area contributed by atoms with E-state index in [1.807, 2.05) is 77.6 Å². The zero-order valence-electron chi connectivity index (χ0n) is 28.3. The van der Waals surface area contributed by atoms with Gasteiger partial charge in [0.1, 0.15) is 5.65 Å². The number of carbonyl (C=O) groups excluding carboxylic acids is 2. The molecule has 3 aromatic heterocycles. The normalized spacial score (nSPS) is 17.4. The first-order chi connectivity index (χ1) is 23.8. The number of ether oxygens (including phenoxy) is 3. The molecule has 0 saturated carbocycles. The molecule has 2 amide bonds. The fraction of sp³-hybridized carbons (Fsp3) is 0.342. The Morgan fingerprint density at radius 1 is 0.959 bits per heavy atom. The van der Waals surface area contributed by atoms with E-state index < -0.39 is 0 Å². The maximum absolute atomic E-state index is 14.9. The standard InChI is InChI=1S/C38H40N6O5/c1-24-30(37(45)42(4)28-16-26-9-10-40(2)36(26)39-20-28)17-33(41(24)3)31-18-34-35(49-23-48-34)19-32(31)38(46)44-21-27-8-6-5-7-25(27)15-29(44)22-43-11-13-47-14-12-43/h5-10,16-20,29H,11-15,21-23H2,1-4H3/t29-/m0/s1. The van der Waals surface area contributed by atoms with E-state index in [-0.39, 0.29) is 24.6 Å². The van der Waals surface area contributed by atoms with Gasteiger partial charge in [0, 0.05) is 81.9 Å². The summed E-state index contributed by atoms with van der Waals surface area (Å²) in [6, 6.07) is 17.9. The Balaban J connectivity index is 1.17. The lowest BCUT2D eigenvalue weighted by atomic mass is 9.92. The van der Waals surface area contributed by atoms with E-state index in [0.29, 0.717) is 53.6 Å². The van der Waals surface area contributed by atoms with Crippen LogP contribution < -0.4 is 14.4 Å². The minimum atomic E-state index is -0.164. The van der Waals surface area contributed by atoms with Crippen molar-refractivity contribution in [2.24, 2.45) is 14.1 Å². The smallest absolute Gasteiger partial charge is 0.259 e. The maximum atomic E-state index is 14.9. The van der Waals surface area contributed by atoms with E-state index in [1.165, 1.54) is 5.56 Å². The van der Waals surface area contributed by atoms with Crippen molar-refractivity contribution in [3.63, 3.8) is 0 Å². The summed E-state index contributed by atoms with van der Waals surface area (Å²) < 4.78 is 21.1. The van der Waals surface area contributed by atoms with Crippen LogP contribution in [0.25, 0.3) is 22.3 Å². The van der Waals surface area contributed by atoms with Crippen molar-refractivity contribution < 1.29 is 23.8 Å². The van der Waals surface area contributed by atoms with E-state index in [0.717, 1.165) is 54.0 Å². The number of rotatable bonds is 6. The van der Waals surface area contributed by atoms with Crippen LogP contribution in [0.1, 0.15) is 37.5 Å². The summed E-state index contributed by atoms with van der Waals surface area (Å²) in [4.78, 5) is 39.6. The van der Waals surface area contributed by atoms with Gasteiger partial charge in [0.05, 0.1) is 36.2 Å². The first-order valence-electron chi connectivity index (χ1n) is 16.7. The monoisotopic (exact) mass is 660 g/mol. The molecule has 8 rings (SSSR count). The number of anilines is 1. The maximum Gasteiger partial charge on any atom is 0.259 e. The number of nitrogens with zero attached hydrogens (tertiary/aromatic N) is 6. The van der Waals surface area contributed by atoms with Crippen molar-refractivity contribution in [1.29, 1.82) is 0 Å². The molecule has 0 spiro atoms. The fourth-order valence-electron chi connectivity index (χ4n) is 7.35. The number of pyridine rings is 1. The number of aryl methyl sites for hydroxylation is 1. The summed E-state index contributed by atoms with van der Waals surface area (Å²) in [5, 5.41) is 0.959. The van der Waals surface area contributed by atoms with Crippen LogP contribution in [0.2, 0.25) is 0 Å². The molecule has 11 nitrogen and oxygen atoms in total. The van der Waals surface area contributed by atoms with Gasteiger partial charge in [0.25, 0.3) is 11.8 Å². The minimum Gasteiger partial charge on any atom is -0.454 e. The predicted octanol–water partition coefficient (Wildman–Crippen LogP) is 4.79. The first kappa shape index (κ1) is 31.2. The van der Waals surface area contributed by atoms with Crippen LogP contribution in [0.15, 0.2) is 67.0 Å². The van der Waals surface area contributed by atoms with Crippen LogP contribution in [0.3, 0.4) is 0 Å². The van der Waals surface area contributed by atoms with E-state index in [1.54, 1.807) is 18.1 Å². The van der Waals surface area contributed by atoms with Gasteiger partial charge in [-0.1, -0.05) is 24.3 Å². The molecular weight excluding hydrogens is 620 g/mol. The summed E-state index contributed by atoms with van der Waals surface area (Å²) in [5.41, 5.74) is 7.27. The third-order valence-electron chi connectivity index (χ3n) is 10.4. The van der Waals surface area contributed by atoms with Gasteiger partial charge in [0.2, 0.25) is 6.79 Å². The Kier molecular flexibility index (Phi) is 7.88. The highest BCUT2D eigenvalue weighted by Gasteiger charge is 2.35. The molecule has 252 valence electrons. The molecule has 3 aliphatic rings. The Labute approximate surface area is 285 Å². The highest BCUT2D eigenvalue weighted by Crippen LogP contribution is 2.41. The van der Waals surface area contributed by atoms with Crippen LogP contribution in [0.4, 0.5) is 5.69 Å². The van der Waals surface area contributed by atoms with E-state index >= 15 is 0 Å². The van der Waals surface area contributed by atoms with Crippen molar-refractivity contribution in [2.75, 3.05) is 51.6 Å². The molecule has 0 aliphatic carbocycles. The molecule has 49 heavy (non-hydrogen) atoms. The number of hydrogen-bond donors (Lipinski definition) is 0. The molecule has 1 saturated heterocycles. The van der Waals surface area contributed by atoms with Gasteiger partial charge in [0.15, 0.2) is 11.5 Å². The van der Waals surface area contributed by atoms with Gasteiger partial charge in [-0.25, -0.2) is 4.98 Å². The Morgan fingerprint density at radius 2 is 1.71 bits per heavy atom. The van der Waals surface area contributed by atoms with E-state index in [4.69, 9.17) is 14.2 Å². The van der Waals surface area contributed by atoms with Gasteiger partial charge >= 0.3 is 0 Å². The fourth-order valence-corrected chi connectivity index (χ4v) is 7.35. The number of morpholine rings is 1. The van der Waals surface area contributed by atoms with Crippen molar-refractivity contribution in [3.05, 3.63) is 94.9 Å². The molecule has 2 aromatic carbocycles. The molecular formula is C38H40N6O5. The quantitative estimate of drug-likeness (QED) is 0.259. The zero-order valence-corrected chi connectivity index (χ0v) is 28.3. The second-order valence-electron chi connectivity index (χ2n) is 13.2. The lowest BCUT2D eigenvalue weighted by Gasteiger charge is -2.40. The van der Waals surface area contributed by atoms with Gasteiger partial charge in [-0.3, -0.25) is 14.5 Å². The molecule has 0 N–H and O–H groups in total. The number of benzene rings is 2. The van der Waals surface area contributed by atoms with E-state index in [2.05, 4.69) is 28.1 Å². The minimum absolute atomic E-state index is 0.0183. The molecule has 6 heterocycles. The molecule has 0 bridgehead atoms. The third-order valence-corrected chi connectivity index (χ3v) is 10.4. The molecule has 1 atom stereocenters. The van der Waals surface area contributed by atoms with Crippen molar-refractivity contribution in [3.8, 4) is 22.8 Å². The number of hydrogen-bond acceptors (Lipinski definition) is 7. The number of aromatic nitrogens is 3. The highest BCUT2D eigenvalue weighted by molar-refractivity contribution is 6.09. The second kappa shape index (κ2) is 12.4. The van der Waals surface area contributed by atoms with Gasteiger partial charge < -0.3 is 33.1 Å². The molecule has 1 fully saturated rings. The first-order valence-corrected chi connectivity index (χ1v) is 16.7. The van der Waals surface area contributed by atoms with Crippen LogP contribution in [-0.4, -0.2) is 88.5 Å². The lowest BCUT2D eigenvalue weighted by molar-refractivity contribution is 0.0193. The van der Waals surface area contributed by atoms with Crippen LogP contribution in [-0.2, 0) is 31.8 Å². The van der Waals surface area contributed by atoms with Crippen LogP contribution in [0, 0.1) is 6.92 Å². The van der Waals surface area contributed by atoms with E-state index in [9.17, 15) is 9.59 Å². The topological polar surface area (TPSA) is 94.3 Å². The lowest BCUT2D eigenvalue weighted by Crippen LogP contribution is -2.52. The molecule has 5 aromatic rings. The summed E-state index contributed by atoms with van der Waals surface area (Å²) in [7, 11) is 5.64. The van der Waals surface area contributed by atoms with Gasteiger partial charge in [-0.15, -0.1) is 0 Å². The second-order valence-corrected chi connectivity index (χ2v) is 13.2. The number of amides is 2. The molecule has 0 unspecified atom stereocenters. The summed E-state index contributed by atoms with van der Waals surface area (Å²) in [6.45, 7) is 6.38. The molecule has 3 aliphatic heterocycles.